The van der Waals surface area contributed by atoms with Crippen LogP contribution in [-0.2, 0) is 7.05 Å². The van der Waals surface area contributed by atoms with E-state index in [0.29, 0.717) is 81.9 Å². The van der Waals surface area contributed by atoms with E-state index in [2.05, 4.69) is 235 Å². The average molecular weight is 1530 g/mol. The summed E-state index contributed by atoms with van der Waals surface area (Å²) in [5.41, 5.74) is 17.0. The molecule has 0 aromatic carbocycles. The van der Waals surface area contributed by atoms with Gasteiger partial charge in [-0.2, -0.15) is 20.0 Å². The molecule has 11 aromatic heterocycles. The van der Waals surface area contributed by atoms with E-state index in [9.17, 15) is 13.6 Å². The van der Waals surface area contributed by atoms with Gasteiger partial charge < -0.3 is 0 Å². The standard InChI is InChI=1S/C11H13N.C10H13NO.2C9H10N2.2C9H13N.2C8H10FN.2C8H11N.C7H12N2/c1-4-6-11-10(9(2)3)7-5-8-12-11;1-7(2)10-5-4-9(6-11-10)8(3)12;1-7(2)9-4-3-8(5-10)6-11-9;1-7(2)9-5-3-4-8(6-10)11-9;1-7(2)9-5-4-8(3)6-10-9;1-7(2)9-6-4-5-8(3)10-9;1-6(2)8-4-3-7(9)5-10-8;1-6(2)7-4-3-5-8(9)10-7;1-7(2)8-4-3-5-9-6-8;1-7(2)8-5-3-4-6-9-8;1-6(2)7-4-5-9(3)8-7/h5,7-9H,1-3H3;4-7H,1-3H3;3-4,6-7H,1-2H3;3-5,7H,1-2H3;2*4-7H,1-3H3;2*3-6H,1-2H3;2*3-7H,1-2H3;4-6H,1-3H3. The Bertz CT molecular complexity index is 4370. The molecule has 0 aliphatic heterocycles. The Morgan fingerprint density at radius 1 is 0.398 bits per heavy atom. The Morgan fingerprint density at radius 2 is 0.876 bits per heavy atom. The van der Waals surface area contributed by atoms with Crippen molar-refractivity contribution in [1.82, 2.24) is 59.6 Å². The topological polar surface area (TPSA) is 211 Å². The predicted molar refractivity (Wildman–Crippen MR) is 462 cm³/mol. The minimum absolute atomic E-state index is 0.0674. The maximum Gasteiger partial charge on any atom is 0.213 e. The molecule has 0 fully saturated rings. The predicted octanol–water partition coefficient (Wildman–Crippen LogP) is 24.8. The molecule has 600 valence electrons. The van der Waals surface area contributed by atoms with Crippen LogP contribution in [0.25, 0.3) is 0 Å². The van der Waals surface area contributed by atoms with Crippen molar-refractivity contribution >= 4 is 5.78 Å². The summed E-state index contributed by atoms with van der Waals surface area (Å²) in [6.45, 7) is 53.7. The van der Waals surface area contributed by atoms with E-state index in [0.717, 1.165) is 51.2 Å². The van der Waals surface area contributed by atoms with Crippen LogP contribution in [0.2, 0.25) is 0 Å². The van der Waals surface area contributed by atoms with Gasteiger partial charge in [0, 0.05) is 113 Å². The number of carbonyl (C=O) groups is 1. The lowest BCUT2D eigenvalue weighted by Gasteiger charge is -2.05. The number of carbonyl (C=O) groups excluding carboxylic acids is 1. The first kappa shape index (κ1) is 99.8. The lowest BCUT2D eigenvalue weighted by Crippen LogP contribution is -1.96. The number of halogens is 2. The molecule has 11 rings (SSSR count). The van der Waals surface area contributed by atoms with Crippen molar-refractivity contribution in [3.8, 4) is 24.0 Å². The molecule has 0 aliphatic rings. The van der Waals surface area contributed by atoms with Crippen molar-refractivity contribution in [3.05, 3.63) is 315 Å². The Kier molecular flexibility index (Phi) is 49.5. The van der Waals surface area contributed by atoms with Crippen molar-refractivity contribution < 1.29 is 13.6 Å². The van der Waals surface area contributed by atoms with Gasteiger partial charge in [0.15, 0.2) is 5.78 Å². The van der Waals surface area contributed by atoms with E-state index >= 15 is 0 Å². The quantitative estimate of drug-likeness (QED) is 0.0633. The number of Topliss-reactive ketones (excluding diaryl/α,β-unsaturated/α-hetero) is 1. The maximum absolute atomic E-state index is 12.4. The summed E-state index contributed by atoms with van der Waals surface area (Å²) in [5.74, 6) is 10.5. The van der Waals surface area contributed by atoms with Gasteiger partial charge in [0.25, 0.3) is 0 Å². The molecule has 11 aromatic rings. The van der Waals surface area contributed by atoms with E-state index in [1.807, 2.05) is 169 Å². The van der Waals surface area contributed by atoms with E-state index in [4.69, 9.17) is 10.5 Å². The second-order valence-electron chi connectivity index (χ2n) is 29.9. The van der Waals surface area contributed by atoms with Crippen LogP contribution >= 0.6 is 0 Å². The Hall–Kier alpha value is -11.2. The fraction of sp³-hybridized carbons (Fsp3) is 0.396. The minimum Gasteiger partial charge on any atom is -0.294 e. The van der Waals surface area contributed by atoms with E-state index in [-0.39, 0.29) is 11.6 Å². The molecule has 0 saturated heterocycles. The summed E-state index contributed by atoms with van der Waals surface area (Å²) in [7, 11) is 1.94. The SMILES string of the molecule is CC#Cc1ncccc1C(C)C.CC(=O)c1ccc(C(C)C)nc1.CC(C)c1ccc(C#N)cn1.CC(C)c1ccc(F)cn1.CC(C)c1cccc(C#N)n1.CC(C)c1cccc(F)n1.CC(C)c1ccccn1.CC(C)c1cccnc1.CC(C)c1ccn(C)n1.Cc1ccc(C(C)C)nc1.Cc1cccc(C(C)C)n1. The van der Waals surface area contributed by atoms with Gasteiger partial charge in [-0.1, -0.05) is 201 Å². The number of aryl methyl sites for hydroxylation is 3. The van der Waals surface area contributed by atoms with Crippen LogP contribution in [0.15, 0.2) is 207 Å². The number of ketones is 1. The summed E-state index contributed by atoms with van der Waals surface area (Å²) in [6.07, 6.45) is 15.7. The molecule has 11 heterocycles. The van der Waals surface area contributed by atoms with Crippen LogP contribution < -0.4 is 0 Å². The van der Waals surface area contributed by atoms with Crippen LogP contribution in [0.3, 0.4) is 0 Å². The van der Waals surface area contributed by atoms with Crippen molar-refractivity contribution in [2.75, 3.05) is 0 Å². The summed E-state index contributed by atoms with van der Waals surface area (Å²) >= 11 is 0. The largest absolute Gasteiger partial charge is 0.294 e. The molecule has 113 heavy (non-hydrogen) atoms. The smallest absolute Gasteiger partial charge is 0.213 e. The highest BCUT2D eigenvalue weighted by atomic mass is 19.1. The van der Waals surface area contributed by atoms with Gasteiger partial charge in [0.1, 0.15) is 29.3 Å². The van der Waals surface area contributed by atoms with Gasteiger partial charge in [-0.3, -0.25) is 44.4 Å². The van der Waals surface area contributed by atoms with Crippen LogP contribution in [0.1, 0.15) is 332 Å². The molecule has 0 atom stereocenters. The van der Waals surface area contributed by atoms with Gasteiger partial charge >= 0.3 is 0 Å². The molecular weight excluding hydrogens is 1400 g/mol. The molecule has 0 aliphatic carbocycles. The molecule has 0 unspecified atom stereocenters. The van der Waals surface area contributed by atoms with Crippen LogP contribution in [0.5, 0.6) is 0 Å². The lowest BCUT2D eigenvalue weighted by atomic mass is 10.0. The zero-order valence-corrected chi connectivity index (χ0v) is 72.4. The number of hydrogen-bond acceptors (Lipinski definition) is 14. The Balaban J connectivity index is 0.000000622. The second kappa shape index (κ2) is 56.1. The first-order valence-electron chi connectivity index (χ1n) is 38.9. The van der Waals surface area contributed by atoms with Crippen molar-refractivity contribution in [1.29, 1.82) is 10.5 Å². The van der Waals surface area contributed by atoms with Crippen LogP contribution in [-0.4, -0.2) is 65.4 Å². The van der Waals surface area contributed by atoms with E-state index in [1.54, 1.807) is 56.0 Å². The van der Waals surface area contributed by atoms with Crippen LogP contribution in [0, 0.1) is 60.1 Å². The van der Waals surface area contributed by atoms with Crippen molar-refractivity contribution in [2.24, 2.45) is 7.05 Å². The highest BCUT2D eigenvalue weighted by molar-refractivity contribution is 5.93. The molecule has 17 heteroatoms. The lowest BCUT2D eigenvalue weighted by molar-refractivity contribution is 0.101. The molecule has 0 saturated carbocycles. The number of rotatable bonds is 12. The average Bonchev–Trinajstić information content (AvgIpc) is 1.56. The number of nitriles is 2. The molecule has 0 radical (unpaired) electrons. The van der Waals surface area contributed by atoms with Gasteiger partial charge in [-0.25, -0.2) is 19.3 Å². The first-order valence-corrected chi connectivity index (χ1v) is 38.9. The third-order valence-electron chi connectivity index (χ3n) is 16.1. The van der Waals surface area contributed by atoms with Crippen molar-refractivity contribution in [2.45, 2.75) is 245 Å². The summed E-state index contributed by atoms with van der Waals surface area (Å²) < 4.78 is 26.5. The number of hydrogen-bond donors (Lipinski definition) is 0. The van der Waals surface area contributed by atoms with Crippen LogP contribution in [0.4, 0.5) is 8.78 Å². The number of pyridine rings is 10. The van der Waals surface area contributed by atoms with Gasteiger partial charge in [0.05, 0.1) is 17.5 Å². The molecule has 0 amide bonds. The maximum atomic E-state index is 12.4. The highest BCUT2D eigenvalue weighted by Gasteiger charge is 2.08. The fourth-order valence-electron chi connectivity index (χ4n) is 9.07. The normalized spacial score (nSPS) is 10.1. The Labute approximate surface area is 677 Å². The van der Waals surface area contributed by atoms with Gasteiger partial charge in [-0.15, -0.1) is 0 Å². The summed E-state index contributed by atoms with van der Waals surface area (Å²) in [6, 6.07) is 51.4. The fourth-order valence-corrected chi connectivity index (χ4v) is 9.07. The van der Waals surface area contributed by atoms with Gasteiger partial charge in [-0.05, 0) is 225 Å². The van der Waals surface area contributed by atoms with Gasteiger partial charge in [0.2, 0.25) is 5.95 Å². The van der Waals surface area contributed by atoms with E-state index in [1.165, 1.54) is 46.4 Å². The third kappa shape index (κ3) is 43.8. The Morgan fingerprint density at radius 3 is 1.23 bits per heavy atom. The zero-order valence-electron chi connectivity index (χ0n) is 72.4. The number of aromatic nitrogens is 12. The van der Waals surface area contributed by atoms with E-state index < -0.39 is 5.95 Å². The summed E-state index contributed by atoms with van der Waals surface area (Å²) in [4.78, 5) is 52.0. The molecule has 0 bridgehead atoms. The second-order valence-corrected chi connectivity index (χ2v) is 29.9. The molecule has 15 nitrogen and oxygen atoms in total. The molecule has 0 N–H and O–H groups in total. The first-order chi connectivity index (χ1) is 53.4. The monoisotopic (exact) mass is 1530 g/mol. The molecule has 0 spiro atoms. The summed E-state index contributed by atoms with van der Waals surface area (Å²) in [5, 5.41) is 21.2. The minimum atomic E-state index is -0.397. The highest BCUT2D eigenvalue weighted by Crippen LogP contribution is 2.19. The molecular formula is C96H126F2N14O. The number of nitrogens with zero attached hydrogens (tertiary/aromatic N) is 14. The third-order valence-corrected chi connectivity index (χ3v) is 16.1. The zero-order chi connectivity index (χ0) is 85.1. The van der Waals surface area contributed by atoms with Crippen molar-refractivity contribution in [3.63, 3.8) is 0 Å².